The molecule has 0 saturated heterocycles. The van der Waals surface area contributed by atoms with Crippen molar-refractivity contribution < 1.29 is 14.3 Å². The third-order valence-corrected chi connectivity index (χ3v) is 3.03. The van der Waals surface area contributed by atoms with Crippen molar-refractivity contribution in [1.29, 1.82) is 0 Å². The summed E-state index contributed by atoms with van der Waals surface area (Å²) in [4.78, 5) is 28.6. The molecule has 1 atom stereocenters. The average molecular weight is 367 g/mol. The van der Waals surface area contributed by atoms with Gasteiger partial charge in [-0.05, 0) is 52.0 Å². The molecule has 4 N–H and O–H groups in total. The van der Waals surface area contributed by atoms with E-state index in [-0.39, 0.29) is 11.5 Å². The molecule has 0 aliphatic rings. The SMILES string of the molecule is CCNC(=S)NNC(=O)[C@@H](Cc1ccccn1)NC(=O)OC(C)(C)C. The van der Waals surface area contributed by atoms with Gasteiger partial charge in [-0.1, -0.05) is 6.07 Å². The normalized spacial score (nSPS) is 11.8. The van der Waals surface area contributed by atoms with Crippen LogP contribution in [0.15, 0.2) is 24.4 Å². The van der Waals surface area contributed by atoms with Crippen LogP contribution in [0.3, 0.4) is 0 Å². The standard InChI is InChI=1S/C16H25N5O3S/c1-5-17-14(25)21-20-13(22)12(10-11-8-6-7-9-18-11)19-15(23)24-16(2,3)4/h6-9,12H,5,10H2,1-4H3,(H,19,23)(H,20,22)(H2,17,21,25)/t12-/m1/s1. The zero-order valence-corrected chi connectivity index (χ0v) is 15.7. The molecule has 0 unspecified atom stereocenters. The van der Waals surface area contributed by atoms with E-state index in [2.05, 4.69) is 26.5 Å². The van der Waals surface area contributed by atoms with Crippen molar-refractivity contribution in [2.24, 2.45) is 0 Å². The molecule has 1 aromatic heterocycles. The second kappa shape index (κ2) is 9.77. The predicted octanol–water partition coefficient (Wildman–Crippen LogP) is 1.03. The molecular weight excluding hydrogens is 342 g/mol. The third-order valence-electron chi connectivity index (χ3n) is 2.78. The minimum atomic E-state index is -0.873. The Balaban J connectivity index is 2.74. The Bertz CT molecular complexity index is 589. The highest BCUT2D eigenvalue weighted by Gasteiger charge is 2.25. The molecule has 0 aromatic carbocycles. The summed E-state index contributed by atoms with van der Waals surface area (Å²) in [7, 11) is 0. The molecule has 1 aromatic rings. The molecule has 1 heterocycles. The van der Waals surface area contributed by atoms with E-state index in [0.717, 1.165) is 0 Å². The van der Waals surface area contributed by atoms with Gasteiger partial charge < -0.3 is 15.4 Å². The first-order chi connectivity index (χ1) is 11.7. The first-order valence-electron chi connectivity index (χ1n) is 7.94. The minimum absolute atomic E-state index is 0.210. The fraction of sp³-hybridized carbons (Fsp3) is 0.500. The van der Waals surface area contributed by atoms with E-state index in [9.17, 15) is 9.59 Å². The average Bonchev–Trinajstić information content (AvgIpc) is 2.51. The highest BCUT2D eigenvalue weighted by atomic mass is 32.1. The van der Waals surface area contributed by atoms with Gasteiger partial charge in [0.1, 0.15) is 11.6 Å². The van der Waals surface area contributed by atoms with Gasteiger partial charge in [-0.3, -0.25) is 20.6 Å². The van der Waals surface area contributed by atoms with Gasteiger partial charge >= 0.3 is 6.09 Å². The van der Waals surface area contributed by atoms with E-state index in [1.54, 1.807) is 39.1 Å². The van der Waals surface area contributed by atoms with Crippen LogP contribution in [0.25, 0.3) is 0 Å². The quantitative estimate of drug-likeness (QED) is 0.455. The molecule has 0 spiro atoms. The number of hydrogen-bond acceptors (Lipinski definition) is 5. The van der Waals surface area contributed by atoms with E-state index in [4.69, 9.17) is 17.0 Å². The Labute approximate surface area is 153 Å². The Hall–Kier alpha value is -2.42. The predicted molar refractivity (Wildman–Crippen MR) is 98.7 cm³/mol. The highest BCUT2D eigenvalue weighted by Crippen LogP contribution is 2.07. The molecule has 2 amide bonds. The summed E-state index contributed by atoms with van der Waals surface area (Å²) in [6, 6.07) is 4.48. The number of thiocarbonyl (C=S) groups is 1. The smallest absolute Gasteiger partial charge is 0.408 e. The fourth-order valence-corrected chi connectivity index (χ4v) is 1.99. The van der Waals surface area contributed by atoms with Crippen molar-refractivity contribution in [3.63, 3.8) is 0 Å². The lowest BCUT2D eigenvalue weighted by atomic mass is 10.1. The molecule has 138 valence electrons. The summed E-state index contributed by atoms with van der Waals surface area (Å²) in [5.41, 5.74) is 5.04. The van der Waals surface area contributed by atoms with Crippen LogP contribution in [0.1, 0.15) is 33.4 Å². The number of nitrogens with zero attached hydrogens (tertiary/aromatic N) is 1. The van der Waals surface area contributed by atoms with Crippen LogP contribution in [0, 0.1) is 0 Å². The third kappa shape index (κ3) is 8.85. The van der Waals surface area contributed by atoms with Gasteiger partial charge in [0.25, 0.3) is 5.91 Å². The lowest BCUT2D eigenvalue weighted by Crippen LogP contribution is -2.55. The molecule has 0 saturated carbocycles. The van der Waals surface area contributed by atoms with Crippen LogP contribution in [-0.4, -0.2) is 40.3 Å². The van der Waals surface area contributed by atoms with Gasteiger partial charge in [0.05, 0.1) is 0 Å². The summed E-state index contributed by atoms with van der Waals surface area (Å²) in [5, 5.41) is 5.69. The number of carbonyl (C=O) groups is 2. The van der Waals surface area contributed by atoms with Crippen LogP contribution in [0.5, 0.6) is 0 Å². The Morgan fingerprint density at radius 2 is 2.00 bits per heavy atom. The highest BCUT2D eigenvalue weighted by molar-refractivity contribution is 7.80. The van der Waals surface area contributed by atoms with Crippen LogP contribution in [0.2, 0.25) is 0 Å². The van der Waals surface area contributed by atoms with Gasteiger partial charge in [-0.15, -0.1) is 0 Å². The summed E-state index contributed by atoms with van der Waals surface area (Å²) in [5.74, 6) is -0.461. The molecule has 9 heteroatoms. The van der Waals surface area contributed by atoms with E-state index in [1.807, 2.05) is 13.0 Å². The number of rotatable bonds is 5. The van der Waals surface area contributed by atoms with Gasteiger partial charge in [0, 0.05) is 24.9 Å². The zero-order chi connectivity index (χ0) is 18.9. The monoisotopic (exact) mass is 367 g/mol. The van der Waals surface area contributed by atoms with Crippen LogP contribution < -0.4 is 21.5 Å². The number of pyridine rings is 1. The van der Waals surface area contributed by atoms with Crippen molar-refractivity contribution in [3.8, 4) is 0 Å². The number of hydrogen-bond donors (Lipinski definition) is 4. The second-order valence-corrected chi connectivity index (χ2v) is 6.61. The largest absolute Gasteiger partial charge is 0.444 e. The van der Waals surface area contributed by atoms with Gasteiger partial charge in [0.15, 0.2) is 5.11 Å². The summed E-state index contributed by atoms with van der Waals surface area (Å²) < 4.78 is 5.21. The van der Waals surface area contributed by atoms with Gasteiger partial charge in [-0.25, -0.2) is 4.79 Å². The number of carbonyl (C=O) groups excluding carboxylic acids is 2. The first-order valence-corrected chi connectivity index (χ1v) is 8.35. The van der Waals surface area contributed by atoms with Crippen LogP contribution in [0.4, 0.5) is 4.79 Å². The molecule has 25 heavy (non-hydrogen) atoms. The molecule has 8 nitrogen and oxygen atoms in total. The Morgan fingerprint density at radius 1 is 1.28 bits per heavy atom. The number of amides is 2. The van der Waals surface area contributed by atoms with Gasteiger partial charge in [0.2, 0.25) is 0 Å². The van der Waals surface area contributed by atoms with E-state index >= 15 is 0 Å². The Kier molecular flexibility index (Phi) is 8.06. The lowest BCUT2D eigenvalue weighted by molar-refractivity contribution is -0.123. The number of hydrazine groups is 1. The summed E-state index contributed by atoms with van der Waals surface area (Å²) in [6.45, 7) is 7.74. The van der Waals surface area contributed by atoms with Crippen molar-refractivity contribution in [2.45, 2.75) is 45.8 Å². The summed E-state index contributed by atoms with van der Waals surface area (Å²) in [6.07, 6.45) is 1.15. The molecule has 0 aliphatic heterocycles. The maximum absolute atomic E-state index is 12.4. The molecular formula is C16H25N5O3S. The van der Waals surface area contributed by atoms with Gasteiger partial charge in [-0.2, -0.15) is 0 Å². The number of aromatic nitrogens is 1. The van der Waals surface area contributed by atoms with Crippen molar-refractivity contribution in [3.05, 3.63) is 30.1 Å². The number of nitrogens with one attached hydrogen (secondary N) is 4. The number of alkyl carbamates (subject to hydrolysis) is 1. The molecule has 0 aliphatic carbocycles. The lowest BCUT2D eigenvalue weighted by Gasteiger charge is -2.23. The molecule has 0 bridgehead atoms. The van der Waals surface area contributed by atoms with E-state index in [0.29, 0.717) is 12.2 Å². The second-order valence-electron chi connectivity index (χ2n) is 6.20. The molecule has 0 fully saturated rings. The first kappa shape index (κ1) is 20.6. The maximum atomic E-state index is 12.4. The zero-order valence-electron chi connectivity index (χ0n) is 14.9. The molecule has 1 rings (SSSR count). The van der Waals surface area contributed by atoms with Crippen molar-refractivity contribution in [1.82, 2.24) is 26.5 Å². The van der Waals surface area contributed by atoms with Crippen molar-refractivity contribution >= 4 is 29.3 Å². The van der Waals surface area contributed by atoms with Crippen molar-refractivity contribution in [2.75, 3.05) is 6.54 Å². The summed E-state index contributed by atoms with van der Waals surface area (Å²) >= 11 is 4.99. The maximum Gasteiger partial charge on any atom is 0.408 e. The fourth-order valence-electron chi connectivity index (χ4n) is 1.80. The number of ether oxygens (including phenoxy) is 1. The topological polar surface area (TPSA) is 104 Å². The van der Waals surface area contributed by atoms with E-state index < -0.39 is 23.6 Å². The van der Waals surface area contributed by atoms with Crippen LogP contribution in [-0.2, 0) is 16.0 Å². The molecule has 0 radical (unpaired) electrons. The van der Waals surface area contributed by atoms with E-state index in [1.165, 1.54) is 0 Å². The minimum Gasteiger partial charge on any atom is -0.444 e. The Morgan fingerprint density at radius 3 is 2.56 bits per heavy atom. The van der Waals surface area contributed by atoms with Crippen LogP contribution >= 0.6 is 12.2 Å².